The van der Waals surface area contributed by atoms with E-state index in [1.165, 1.54) is 4.90 Å². The van der Waals surface area contributed by atoms with Crippen molar-refractivity contribution in [2.24, 2.45) is 0 Å². The highest BCUT2D eigenvalue weighted by molar-refractivity contribution is 6.07. The molecule has 7 nitrogen and oxygen atoms in total. The van der Waals surface area contributed by atoms with Crippen LogP contribution < -0.4 is 15.4 Å². The van der Waals surface area contributed by atoms with Gasteiger partial charge in [-0.05, 0) is 43.0 Å². The summed E-state index contributed by atoms with van der Waals surface area (Å²) in [6.07, 6.45) is 2.29. The molecule has 2 heterocycles. The quantitative estimate of drug-likeness (QED) is 0.773. The van der Waals surface area contributed by atoms with Crippen LogP contribution in [-0.4, -0.2) is 41.4 Å². The summed E-state index contributed by atoms with van der Waals surface area (Å²) in [4.78, 5) is 37.2. The lowest BCUT2D eigenvalue weighted by molar-refractivity contribution is -0.131. The van der Waals surface area contributed by atoms with Crippen molar-refractivity contribution in [2.75, 3.05) is 18.5 Å². The van der Waals surface area contributed by atoms with Crippen molar-refractivity contribution >= 4 is 23.5 Å². The summed E-state index contributed by atoms with van der Waals surface area (Å²) in [6.45, 7) is 4.23. The maximum Gasteiger partial charge on any atom is 0.325 e. The monoisotopic (exact) mass is 345 g/mol. The summed E-state index contributed by atoms with van der Waals surface area (Å²) < 4.78 is 5.71. The number of rotatable bonds is 6. The summed E-state index contributed by atoms with van der Waals surface area (Å²) in [5, 5.41) is 5.62. The molecule has 1 fully saturated rings. The Kier molecular flexibility index (Phi) is 4.65. The van der Waals surface area contributed by atoms with Gasteiger partial charge >= 0.3 is 6.03 Å². The van der Waals surface area contributed by atoms with Crippen molar-refractivity contribution in [1.82, 2.24) is 10.2 Å². The van der Waals surface area contributed by atoms with Gasteiger partial charge in [-0.15, -0.1) is 0 Å². The van der Waals surface area contributed by atoms with E-state index in [4.69, 9.17) is 4.74 Å². The second kappa shape index (κ2) is 6.74. The van der Waals surface area contributed by atoms with E-state index in [1.54, 1.807) is 6.07 Å². The van der Waals surface area contributed by atoms with Crippen LogP contribution in [0.1, 0.15) is 38.7 Å². The van der Waals surface area contributed by atoms with Crippen LogP contribution in [-0.2, 0) is 16.0 Å². The first-order valence-corrected chi connectivity index (χ1v) is 8.69. The normalized spacial score (nSPS) is 18.6. The number of hydrogen-bond acceptors (Lipinski definition) is 4. The Labute approximate surface area is 146 Å². The fraction of sp³-hybridized carbons (Fsp3) is 0.500. The highest BCUT2D eigenvalue weighted by atomic mass is 16.5. The second-order valence-electron chi connectivity index (χ2n) is 6.39. The first-order chi connectivity index (χ1) is 12.0. The van der Waals surface area contributed by atoms with Crippen molar-refractivity contribution in [3.8, 4) is 5.75 Å². The third-order valence-corrected chi connectivity index (χ3v) is 5.01. The minimum atomic E-state index is -0.777. The molecule has 0 aliphatic carbocycles. The molecule has 0 aromatic heterocycles. The van der Waals surface area contributed by atoms with E-state index < -0.39 is 5.54 Å². The van der Waals surface area contributed by atoms with Gasteiger partial charge in [0.1, 0.15) is 17.9 Å². The minimum Gasteiger partial charge on any atom is -0.492 e. The topological polar surface area (TPSA) is 87.7 Å². The fourth-order valence-corrected chi connectivity index (χ4v) is 3.31. The summed E-state index contributed by atoms with van der Waals surface area (Å²) >= 11 is 0. The standard InChI is InChI=1S/C18H23N3O4/c1-3-18(4-2)16(23)21(17(24)20-18)9-10-25-13-6-7-14-12(11-13)5-8-15(22)19-14/h6-7,11H,3-5,8-10H2,1-2H3,(H,19,22)(H,20,24). The van der Waals surface area contributed by atoms with Gasteiger partial charge in [0, 0.05) is 12.1 Å². The largest absolute Gasteiger partial charge is 0.492 e. The van der Waals surface area contributed by atoms with Crippen LogP contribution in [0.5, 0.6) is 5.75 Å². The number of nitrogens with zero attached hydrogens (tertiary/aromatic N) is 1. The molecule has 0 bridgehead atoms. The SMILES string of the molecule is CCC1(CC)NC(=O)N(CCOc2ccc3c(c2)CCC(=O)N3)C1=O. The van der Waals surface area contributed by atoms with Crippen molar-refractivity contribution in [3.63, 3.8) is 0 Å². The zero-order valence-electron chi connectivity index (χ0n) is 14.6. The molecule has 2 aliphatic heterocycles. The predicted octanol–water partition coefficient (Wildman–Crippen LogP) is 2.06. The Balaban J connectivity index is 1.59. The summed E-state index contributed by atoms with van der Waals surface area (Å²) in [5.41, 5.74) is 1.07. The van der Waals surface area contributed by atoms with Crippen LogP contribution in [0.4, 0.5) is 10.5 Å². The number of aryl methyl sites for hydroxylation is 1. The van der Waals surface area contributed by atoms with Crippen molar-refractivity contribution in [2.45, 2.75) is 45.1 Å². The van der Waals surface area contributed by atoms with Gasteiger partial charge in [0.25, 0.3) is 5.91 Å². The first kappa shape index (κ1) is 17.3. The van der Waals surface area contributed by atoms with Gasteiger partial charge in [-0.3, -0.25) is 14.5 Å². The smallest absolute Gasteiger partial charge is 0.325 e. The molecule has 1 saturated heterocycles. The Hall–Kier alpha value is -2.57. The Morgan fingerprint density at radius 2 is 1.92 bits per heavy atom. The minimum absolute atomic E-state index is 0.0232. The highest BCUT2D eigenvalue weighted by Crippen LogP contribution is 2.27. The van der Waals surface area contributed by atoms with Gasteiger partial charge in [-0.1, -0.05) is 13.8 Å². The molecule has 1 aromatic carbocycles. The molecule has 7 heteroatoms. The summed E-state index contributed by atoms with van der Waals surface area (Å²) in [5.74, 6) is 0.508. The Bertz CT molecular complexity index is 712. The van der Waals surface area contributed by atoms with Crippen LogP contribution >= 0.6 is 0 Å². The first-order valence-electron chi connectivity index (χ1n) is 8.69. The van der Waals surface area contributed by atoms with E-state index in [0.29, 0.717) is 31.4 Å². The number of fused-ring (bicyclic) bond motifs is 1. The zero-order valence-corrected chi connectivity index (χ0v) is 14.6. The molecule has 25 heavy (non-hydrogen) atoms. The lowest BCUT2D eigenvalue weighted by Gasteiger charge is -2.23. The number of imide groups is 1. The number of carbonyl (C=O) groups is 3. The lowest BCUT2D eigenvalue weighted by Crippen LogP contribution is -2.46. The molecule has 0 spiro atoms. The molecule has 3 rings (SSSR count). The molecule has 0 saturated carbocycles. The van der Waals surface area contributed by atoms with Gasteiger partial charge in [0.05, 0.1) is 6.54 Å². The van der Waals surface area contributed by atoms with Gasteiger partial charge < -0.3 is 15.4 Å². The molecule has 2 N–H and O–H groups in total. The summed E-state index contributed by atoms with van der Waals surface area (Å²) in [6, 6.07) is 5.13. The third kappa shape index (κ3) is 3.18. The molecule has 1 aromatic rings. The van der Waals surface area contributed by atoms with E-state index >= 15 is 0 Å². The maximum atomic E-state index is 12.5. The molecule has 2 aliphatic rings. The Morgan fingerprint density at radius 1 is 1.16 bits per heavy atom. The number of amides is 4. The Morgan fingerprint density at radius 3 is 2.60 bits per heavy atom. The number of carbonyl (C=O) groups excluding carboxylic acids is 3. The number of urea groups is 1. The van der Waals surface area contributed by atoms with E-state index in [-0.39, 0.29) is 31.0 Å². The highest BCUT2D eigenvalue weighted by Gasteiger charge is 2.48. The van der Waals surface area contributed by atoms with Gasteiger partial charge in [0.15, 0.2) is 0 Å². The van der Waals surface area contributed by atoms with Crippen LogP contribution in [0.15, 0.2) is 18.2 Å². The van der Waals surface area contributed by atoms with Crippen molar-refractivity contribution < 1.29 is 19.1 Å². The predicted molar refractivity (Wildman–Crippen MR) is 92.4 cm³/mol. The van der Waals surface area contributed by atoms with E-state index in [1.807, 2.05) is 26.0 Å². The van der Waals surface area contributed by atoms with Crippen molar-refractivity contribution in [1.29, 1.82) is 0 Å². The van der Waals surface area contributed by atoms with Crippen LogP contribution in [0.25, 0.3) is 0 Å². The number of ether oxygens (including phenoxy) is 1. The molecule has 0 atom stereocenters. The van der Waals surface area contributed by atoms with Crippen LogP contribution in [0, 0.1) is 0 Å². The van der Waals surface area contributed by atoms with Gasteiger partial charge in [0.2, 0.25) is 5.91 Å². The van der Waals surface area contributed by atoms with Crippen LogP contribution in [0.3, 0.4) is 0 Å². The van der Waals surface area contributed by atoms with E-state index in [2.05, 4.69) is 10.6 Å². The molecule has 134 valence electrons. The molecule has 0 radical (unpaired) electrons. The molecule has 4 amide bonds. The number of nitrogens with one attached hydrogen (secondary N) is 2. The van der Waals surface area contributed by atoms with E-state index in [9.17, 15) is 14.4 Å². The zero-order chi connectivity index (χ0) is 18.0. The number of hydrogen-bond donors (Lipinski definition) is 2. The van der Waals surface area contributed by atoms with Gasteiger partial charge in [-0.2, -0.15) is 0 Å². The number of anilines is 1. The third-order valence-electron chi connectivity index (χ3n) is 5.01. The van der Waals surface area contributed by atoms with Crippen molar-refractivity contribution in [3.05, 3.63) is 23.8 Å². The summed E-state index contributed by atoms with van der Waals surface area (Å²) in [7, 11) is 0. The molecular formula is C18H23N3O4. The maximum absolute atomic E-state index is 12.5. The van der Waals surface area contributed by atoms with E-state index in [0.717, 1.165) is 11.3 Å². The second-order valence-corrected chi connectivity index (χ2v) is 6.39. The van der Waals surface area contributed by atoms with Crippen LogP contribution in [0.2, 0.25) is 0 Å². The fourth-order valence-electron chi connectivity index (χ4n) is 3.31. The average Bonchev–Trinajstić information content (AvgIpc) is 2.86. The van der Waals surface area contributed by atoms with Gasteiger partial charge in [-0.25, -0.2) is 4.79 Å². The molecule has 0 unspecified atom stereocenters. The lowest BCUT2D eigenvalue weighted by atomic mass is 9.93. The average molecular weight is 345 g/mol. The number of benzene rings is 1. The molecular weight excluding hydrogens is 322 g/mol.